The first-order valence-electron chi connectivity index (χ1n) is 9.94. The Morgan fingerprint density at radius 1 is 1.00 bits per heavy atom. The highest BCUT2D eigenvalue weighted by Crippen LogP contribution is 2.33. The number of anilines is 1. The van der Waals surface area contributed by atoms with Crippen molar-refractivity contribution in [2.45, 2.75) is 18.7 Å². The summed E-state index contributed by atoms with van der Waals surface area (Å²) in [6.45, 7) is 3.13. The van der Waals surface area contributed by atoms with Gasteiger partial charge in [-0.05, 0) is 49.2 Å². The molecule has 3 aromatic rings. The molecule has 0 aliphatic carbocycles. The second-order valence-electron chi connectivity index (χ2n) is 7.10. The maximum Gasteiger partial charge on any atom is 0.264 e. The maximum atomic E-state index is 13.5. The minimum absolute atomic E-state index is 0.0697. The summed E-state index contributed by atoms with van der Waals surface area (Å²) in [6.07, 6.45) is 0. The van der Waals surface area contributed by atoms with Crippen LogP contribution in [-0.2, 0) is 14.8 Å². The Hall–Kier alpha value is -3.65. The summed E-state index contributed by atoms with van der Waals surface area (Å²) in [5.74, 6) is -0.241. The van der Waals surface area contributed by atoms with Gasteiger partial charge in [-0.1, -0.05) is 54.6 Å². The minimum Gasteiger partial charge on any atom is -0.495 e. The van der Waals surface area contributed by atoms with Crippen LogP contribution < -0.4 is 14.5 Å². The Labute approximate surface area is 188 Å². The Morgan fingerprint density at radius 3 is 2.25 bits per heavy atom. The molecule has 0 fully saturated rings. The fraction of sp³-hybridized carbons (Fsp3) is 0.167. The second-order valence-corrected chi connectivity index (χ2v) is 8.96. The van der Waals surface area contributed by atoms with Crippen LogP contribution in [-0.4, -0.2) is 33.7 Å². The topological polar surface area (TPSA) is 88.1 Å². The molecule has 0 aliphatic rings. The van der Waals surface area contributed by atoms with E-state index in [1.807, 2.05) is 43.3 Å². The van der Waals surface area contributed by atoms with Gasteiger partial charge in [0.1, 0.15) is 12.3 Å². The largest absolute Gasteiger partial charge is 0.495 e. The summed E-state index contributed by atoms with van der Waals surface area (Å²) in [4.78, 5) is 12.8. The van der Waals surface area contributed by atoms with Gasteiger partial charge in [-0.15, -0.1) is 0 Å². The van der Waals surface area contributed by atoms with Crippen LogP contribution in [0.4, 0.5) is 5.69 Å². The van der Waals surface area contributed by atoms with Crippen molar-refractivity contribution in [1.82, 2.24) is 5.43 Å². The number of hydrogen-bond acceptors (Lipinski definition) is 5. The van der Waals surface area contributed by atoms with Gasteiger partial charge in [-0.25, -0.2) is 13.8 Å². The zero-order valence-corrected chi connectivity index (χ0v) is 19.0. The molecule has 0 spiro atoms. The van der Waals surface area contributed by atoms with Crippen LogP contribution in [0, 0.1) is 6.92 Å². The van der Waals surface area contributed by atoms with Crippen LogP contribution >= 0.6 is 0 Å². The molecule has 3 aromatic carbocycles. The van der Waals surface area contributed by atoms with Crippen molar-refractivity contribution in [3.8, 4) is 5.75 Å². The molecule has 32 heavy (non-hydrogen) atoms. The fourth-order valence-corrected chi connectivity index (χ4v) is 4.51. The highest BCUT2D eigenvalue weighted by atomic mass is 32.2. The molecule has 0 radical (unpaired) electrons. The lowest BCUT2D eigenvalue weighted by molar-refractivity contribution is -0.119. The van der Waals surface area contributed by atoms with Crippen LogP contribution in [0.2, 0.25) is 0 Å². The van der Waals surface area contributed by atoms with Gasteiger partial charge in [0.15, 0.2) is 0 Å². The molecule has 0 unspecified atom stereocenters. The molecule has 8 heteroatoms. The van der Waals surface area contributed by atoms with Crippen molar-refractivity contribution in [1.29, 1.82) is 0 Å². The van der Waals surface area contributed by atoms with E-state index in [1.165, 1.54) is 19.2 Å². The van der Waals surface area contributed by atoms with Gasteiger partial charge in [0.05, 0.1) is 23.4 Å². The minimum atomic E-state index is -4.05. The molecule has 0 bridgehead atoms. The van der Waals surface area contributed by atoms with E-state index >= 15 is 0 Å². The van der Waals surface area contributed by atoms with Crippen molar-refractivity contribution in [3.05, 3.63) is 90.0 Å². The van der Waals surface area contributed by atoms with Crippen molar-refractivity contribution in [2.24, 2.45) is 5.10 Å². The molecule has 3 rings (SSSR count). The van der Waals surface area contributed by atoms with Gasteiger partial charge in [0.25, 0.3) is 15.9 Å². The molecule has 166 valence electrons. The average Bonchev–Trinajstić information content (AvgIpc) is 2.82. The predicted octanol–water partition coefficient (Wildman–Crippen LogP) is 3.74. The van der Waals surface area contributed by atoms with Crippen molar-refractivity contribution < 1.29 is 17.9 Å². The van der Waals surface area contributed by atoms with Gasteiger partial charge in [-0.3, -0.25) is 9.10 Å². The van der Waals surface area contributed by atoms with Gasteiger partial charge in [-0.2, -0.15) is 5.10 Å². The van der Waals surface area contributed by atoms with E-state index in [4.69, 9.17) is 4.74 Å². The van der Waals surface area contributed by atoms with Crippen molar-refractivity contribution in [2.75, 3.05) is 18.0 Å². The summed E-state index contributed by atoms with van der Waals surface area (Å²) < 4.78 is 33.3. The average molecular weight is 452 g/mol. The number of carbonyl (C=O) groups is 1. The Morgan fingerprint density at radius 2 is 1.62 bits per heavy atom. The van der Waals surface area contributed by atoms with Crippen LogP contribution in [0.1, 0.15) is 18.1 Å². The normalized spacial score (nSPS) is 11.7. The third-order valence-corrected chi connectivity index (χ3v) is 6.54. The zero-order valence-electron chi connectivity index (χ0n) is 18.1. The molecule has 0 aromatic heterocycles. The zero-order chi connectivity index (χ0) is 23.1. The van der Waals surface area contributed by atoms with Crippen LogP contribution in [0.5, 0.6) is 5.75 Å². The molecule has 0 heterocycles. The predicted molar refractivity (Wildman–Crippen MR) is 126 cm³/mol. The monoisotopic (exact) mass is 451 g/mol. The highest BCUT2D eigenvalue weighted by Gasteiger charge is 2.29. The van der Waals surface area contributed by atoms with E-state index in [9.17, 15) is 13.2 Å². The number of aryl methyl sites for hydroxylation is 1. The number of rotatable bonds is 8. The molecule has 0 saturated carbocycles. The quantitative estimate of drug-likeness (QED) is 0.417. The Kier molecular flexibility index (Phi) is 7.27. The van der Waals surface area contributed by atoms with E-state index in [0.717, 1.165) is 15.4 Å². The molecule has 0 saturated heterocycles. The lowest BCUT2D eigenvalue weighted by Gasteiger charge is -2.25. The summed E-state index contributed by atoms with van der Waals surface area (Å²) in [5, 5.41) is 4.12. The van der Waals surface area contributed by atoms with E-state index in [1.54, 1.807) is 37.3 Å². The van der Waals surface area contributed by atoms with Crippen molar-refractivity contribution >= 4 is 27.3 Å². The third-order valence-electron chi connectivity index (χ3n) is 4.76. The number of ether oxygens (including phenoxy) is 1. The van der Waals surface area contributed by atoms with Gasteiger partial charge in [0, 0.05) is 0 Å². The number of carbonyl (C=O) groups excluding carboxylic acids is 1. The standard InChI is InChI=1S/C24H25N3O4S/c1-18-14-15-23(31-3)22(16-18)27(32(29,30)21-12-8-5-9-13-21)17-24(28)26-25-19(2)20-10-6-4-7-11-20/h4-16H,17H2,1-3H3,(H,26,28)/b25-19-. The summed E-state index contributed by atoms with van der Waals surface area (Å²) >= 11 is 0. The van der Waals surface area contributed by atoms with Crippen LogP contribution in [0.15, 0.2) is 88.9 Å². The third kappa shape index (κ3) is 5.33. The molecule has 0 aliphatic heterocycles. The maximum absolute atomic E-state index is 13.5. The van der Waals surface area contributed by atoms with E-state index in [-0.39, 0.29) is 10.6 Å². The highest BCUT2D eigenvalue weighted by molar-refractivity contribution is 7.92. The number of nitrogens with one attached hydrogen (secondary N) is 1. The first-order valence-corrected chi connectivity index (χ1v) is 11.4. The number of hydrogen-bond donors (Lipinski definition) is 1. The Bertz CT molecular complexity index is 1210. The molecular formula is C24H25N3O4S. The fourth-order valence-electron chi connectivity index (χ4n) is 3.07. The summed E-state index contributed by atoms with van der Waals surface area (Å²) in [6, 6.07) is 22.5. The lowest BCUT2D eigenvalue weighted by Crippen LogP contribution is -2.40. The number of nitrogens with zero attached hydrogens (tertiary/aromatic N) is 2. The van der Waals surface area contributed by atoms with Gasteiger partial charge >= 0.3 is 0 Å². The number of hydrazone groups is 1. The lowest BCUT2D eigenvalue weighted by atomic mass is 10.1. The molecule has 1 amide bonds. The summed E-state index contributed by atoms with van der Waals surface area (Å²) in [7, 11) is -2.59. The van der Waals surface area contributed by atoms with E-state index < -0.39 is 22.5 Å². The first kappa shape index (κ1) is 23.0. The molecule has 0 atom stereocenters. The summed E-state index contributed by atoms with van der Waals surface area (Å²) in [5.41, 5.74) is 5.01. The SMILES string of the molecule is COc1ccc(C)cc1N(CC(=O)N/N=C(/C)c1ccccc1)S(=O)(=O)c1ccccc1. The number of methoxy groups -OCH3 is 1. The molecule has 7 nitrogen and oxygen atoms in total. The van der Waals surface area contributed by atoms with Gasteiger partial charge in [0.2, 0.25) is 0 Å². The smallest absolute Gasteiger partial charge is 0.264 e. The van der Waals surface area contributed by atoms with Crippen molar-refractivity contribution in [3.63, 3.8) is 0 Å². The number of sulfonamides is 1. The Balaban J connectivity index is 1.95. The first-order chi connectivity index (χ1) is 15.3. The van der Waals surface area contributed by atoms with E-state index in [2.05, 4.69) is 10.5 Å². The number of amides is 1. The molecule has 1 N–H and O–H groups in total. The number of benzene rings is 3. The molecular weight excluding hydrogens is 426 g/mol. The second kappa shape index (κ2) is 10.1. The van der Waals surface area contributed by atoms with E-state index in [0.29, 0.717) is 11.5 Å². The van der Waals surface area contributed by atoms with Crippen LogP contribution in [0.3, 0.4) is 0 Å². The van der Waals surface area contributed by atoms with Crippen LogP contribution in [0.25, 0.3) is 0 Å². The van der Waals surface area contributed by atoms with Gasteiger partial charge < -0.3 is 4.74 Å².